The van der Waals surface area contributed by atoms with Crippen molar-refractivity contribution in [3.8, 4) is 0 Å². The molecule has 4 nitrogen and oxygen atoms in total. The van der Waals surface area contributed by atoms with Crippen LogP contribution in [0.4, 0.5) is 0 Å². The first kappa shape index (κ1) is 16.0. The second-order valence-electron chi connectivity index (χ2n) is 5.70. The van der Waals surface area contributed by atoms with Gasteiger partial charge in [0.2, 0.25) is 0 Å². The number of hydrogen-bond acceptors (Lipinski definition) is 3. The van der Waals surface area contributed by atoms with E-state index in [-0.39, 0.29) is 12.4 Å². The second-order valence-corrected chi connectivity index (χ2v) is 5.70. The number of nitrogens with one attached hydrogen (secondary N) is 1. The SMILES string of the molecule is CCCC(=O)c1c[nH]c2ccc(C(=O)OCc3ccccc3)cc12. The first-order chi connectivity index (χ1) is 11.7. The molecule has 24 heavy (non-hydrogen) atoms. The average Bonchev–Trinajstić information content (AvgIpc) is 3.04. The summed E-state index contributed by atoms with van der Waals surface area (Å²) in [5.74, 6) is -0.311. The molecule has 3 rings (SSSR count). The van der Waals surface area contributed by atoms with E-state index >= 15 is 0 Å². The van der Waals surface area contributed by atoms with Gasteiger partial charge >= 0.3 is 5.97 Å². The van der Waals surface area contributed by atoms with Crippen molar-refractivity contribution < 1.29 is 14.3 Å². The molecule has 0 atom stereocenters. The molecule has 0 fully saturated rings. The lowest BCUT2D eigenvalue weighted by Gasteiger charge is -2.05. The van der Waals surface area contributed by atoms with E-state index in [0.29, 0.717) is 17.5 Å². The first-order valence-corrected chi connectivity index (χ1v) is 8.04. The van der Waals surface area contributed by atoms with Gasteiger partial charge in [0.05, 0.1) is 5.56 Å². The Morgan fingerprint density at radius 1 is 1.08 bits per heavy atom. The molecule has 0 unspecified atom stereocenters. The Morgan fingerprint density at radius 2 is 1.88 bits per heavy atom. The highest BCUT2D eigenvalue weighted by Crippen LogP contribution is 2.22. The van der Waals surface area contributed by atoms with Gasteiger partial charge in [-0.1, -0.05) is 37.3 Å². The van der Waals surface area contributed by atoms with Crippen molar-refractivity contribution in [3.63, 3.8) is 0 Å². The Morgan fingerprint density at radius 3 is 2.62 bits per heavy atom. The van der Waals surface area contributed by atoms with Gasteiger partial charge in [0.15, 0.2) is 5.78 Å². The molecule has 1 aromatic heterocycles. The molecule has 2 aromatic carbocycles. The maximum absolute atomic E-state index is 12.3. The van der Waals surface area contributed by atoms with E-state index in [0.717, 1.165) is 22.9 Å². The molecule has 0 aliphatic carbocycles. The Labute approximate surface area is 140 Å². The van der Waals surface area contributed by atoms with Crippen molar-refractivity contribution in [2.75, 3.05) is 0 Å². The molecule has 122 valence electrons. The predicted octanol–water partition coefficient (Wildman–Crippen LogP) is 4.51. The van der Waals surface area contributed by atoms with Crippen LogP contribution in [-0.2, 0) is 11.3 Å². The number of ketones is 1. The van der Waals surface area contributed by atoms with Crippen LogP contribution in [0.5, 0.6) is 0 Å². The molecule has 1 heterocycles. The van der Waals surface area contributed by atoms with Gasteiger partial charge in [-0.25, -0.2) is 4.79 Å². The van der Waals surface area contributed by atoms with Crippen LogP contribution < -0.4 is 0 Å². The summed E-state index contributed by atoms with van der Waals surface area (Å²) in [6.07, 6.45) is 3.00. The van der Waals surface area contributed by atoms with Crippen LogP contribution in [0.25, 0.3) is 10.9 Å². The van der Waals surface area contributed by atoms with Crippen molar-refractivity contribution in [1.29, 1.82) is 0 Å². The van der Waals surface area contributed by atoms with Crippen molar-refractivity contribution >= 4 is 22.7 Å². The fourth-order valence-electron chi connectivity index (χ4n) is 2.65. The minimum Gasteiger partial charge on any atom is -0.457 e. The minimum absolute atomic E-state index is 0.0820. The van der Waals surface area contributed by atoms with Gasteiger partial charge in [-0.2, -0.15) is 0 Å². The molecule has 0 amide bonds. The summed E-state index contributed by atoms with van der Waals surface area (Å²) in [5.41, 5.74) is 2.86. The van der Waals surface area contributed by atoms with Crippen LogP contribution >= 0.6 is 0 Å². The summed E-state index contributed by atoms with van der Waals surface area (Å²) in [4.78, 5) is 27.5. The molecular weight excluding hydrogens is 302 g/mol. The number of fused-ring (bicyclic) bond motifs is 1. The summed E-state index contributed by atoms with van der Waals surface area (Å²) in [5, 5.41) is 0.766. The summed E-state index contributed by atoms with van der Waals surface area (Å²) in [7, 11) is 0. The van der Waals surface area contributed by atoms with Crippen LogP contribution in [0.3, 0.4) is 0 Å². The van der Waals surface area contributed by atoms with Crippen LogP contribution in [-0.4, -0.2) is 16.7 Å². The highest BCUT2D eigenvalue weighted by molar-refractivity contribution is 6.09. The summed E-state index contributed by atoms with van der Waals surface area (Å²) in [6, 6.07) is 14.8. The van der Waals surface area contributed by atoms with Gasteiger partial charge < -0.3 is 9.72 Å². The van der Waals surface area contributed by atoms with E-state index in [9.17, 15) is 9.59 Å². The third-order valence-corrected chi connectivity index (χ3v) is 3.91. The highest BCUT2D eigenvalue weighted by Gasteiger charge is 2.14. The van der Waals surface area contributed by atoms with Gasteiger partial charge in [-0.15, -0.1) is 0 Å². The van der Waals surface area contributed by atoms with Crippen molar-refractivity contribution in [2.24, 2.45) is 0 Å². The number of benzene rings is 2. The number of H-pyrrole nitrogens is 1. The Hall–Kier alpha value is -2.88. The molecule has 0 spiro atoms. The summed E-state index contributed by atoms with van der Waals surface area (Å²) in [6.45, 7) is 2.20. The zero-order valence-corrected chi connectivity index (χ0v) is 13.5. The molecule has 3 aromatic rings. The number of carbonyl (C=O) groups is 2. The van der Waals surface area contributed by atoms with E-state index in [1.807, 2.05) is 37.3 Å². The smallest absolute Gasteiger partial charge is 0.338 e. The van der Waals surface area contributed by atoms with Gasteiger partial charge in [0.1, 0.15) is 6.61 Å². The number of esters is 1. The molecular formula is C20H19NO3. The van der Waals surface area contributed by atoms with E-state index in [4.69, 9.17) is 4.74 Å². The zero-order chi connectivity index (χ0) is 16.9. The number of rotatable bonds is 6. The normalized spacial score (nSPS) is 10.7. The Kier molecular flexibility index (Phi) is 4.75. The molecule has 0 bridgehead atoms. The zero-order valence-electron chi connectivity index (χ0n) is 13.5. The quantitative estimate of drug-likeness (QED) is 0.537. The summed E-state index contributed by atoms with van der Waals surface area (Å²) >= 11 is 0. The average molecular weight is 321 g/mol. The fourth-order valence-corrected chi connectivity index (χ4v) is 2.65. The largest absolute Gasteiger partial charge is 0.457 e. The minimum atomic E-state index is -0.393. The monoisotopic (exact) mass is 321 g/mol. The molecule has 4 heteroatoms. The van der Waals surface area contributed by atoms with Crippen LogP contribution in [0.2, 0.25) is 0 Å². The number of ether oxygens (including phenoxy) is 1. The van der Waals surface area contributed by atoms with Crippen molar-refractivity contribution in [1.82, 2.24) is 4.98 Å². The molecule has 1 N–H and O–H groups in total. The lowest BCUT2D eigenvalue weighted by molar-refractivity contribution is 0.0472. The predicted molar refractivity (Wildman–Crippen MR) is 93.1 cm³/mol. The third-order valence-electron chi connectivity index (χ3n) is 3.91. The molecule has 0 saturated carbocycles. The van der Waals surface area contributed by atoms with E-state index in [1.165, 1.54) is 0 Å². The topological polar surface area (TPSA) is 59.2 Å². The highest BCUT2D eigenvalue weighted by atomic mass is 16.5. The van der Waals surface area contributed by atoms with E-state index < -0.39 is 5.97 Å². The van der Waals surface area contributed by atoms with Crippen LogP contribution in [0, 0.1) is 0 Å². The number of aromatic amines is 1. The van der Waals surface area contributed by atoms with E-state index in [1.54, 1.807) is 24.4 Å². The maximum Gasteiger partial charge on any atom is 0.338 e. The number of aromatic nitrogens is 1. The van der Waals surface area contributed by atoms with Crippen LogP contribution in [0.1, 0.15) is 46.0 Å². The van der Waals surface area contributed by atoms with Crippen molar-refractivity contribution in [2.45, 2.75) is 26.4 Å². The Bertz CT molecular complexity index is 865. The van der Waals surface area contributed by atoms with Gasteiger partial charge in [0, 0.05) is 29.1 Å². The molecule has 0 aliphatic heterocycles. The fraction of sp³-hybridized carbons (Fsp3) is 0.200. The van der Waals surface area contributed by atoms with Gasteiger partial charge in [-0.3, -0.25) is 4.79 Å². The van der Waals surface area contributed by atoms with Gasteiger partial charge in [-0.05, 0) is 30.2 Å². The number of carbonyl (C=O) groups excluding carboxylic acids is 2. The maximum atomic E-state index is 12.3. The van der Waals surface area contributed by atoms with Crippen LogP contribution in [0.15, 0.2) is 54.7 Å². The third kappa shape index (κ3) is 3.38. The van der Waals surface area contributed by atoms with E-state index in [2.05, 4.69) is 4.98 Å². The summed E-state index contributed by atoms with van der Waals surface area (Å²) < 4.78 is 5.35. The first-order valence-electron chi connectivity index (χ1n) is 8.04. The molecule has 0 saturated heterocycles. The number of Topliss-reactive ketones (excluding diaryl/α,β-unsaturated/α-hetero) is 1. The lowest BCUT2D eigenvalue weighted by atomic mass is 10.0. The standard InChI is InChI=1S/C20H19NO3/c1-2-6-19(22)17-12-21-18-10-9-15(11-16(17)18)20(23)24-13-14-7-4-3-5-8-14/h3-5,7-12,21H,2,6,13H2,1H3. The molecule has 0 aliphatic rings. The van der Waals surface area contributed by atoms with Gasteiger partial charge in [0.25, 0.3) is 0 Å². The molecule has 0 radical (unpaired) electrons. The Balaban J connectivity index is 1.80. The lowest BCUT2D eigenvalue weighted by Crippen LogP contribution is -2.05. The van der Waals surface area contributed by atoms with Crippen molar-refractivity contribution in [3.05, 3.63) is 71.4 Å². The number of hydrogen-bond donors (Lipinski definition) is 1. The second kappa shape index (κ2) is 7.13.